The number of nitrogens with one attached hydrogen (secondary N) is 1. The van der Waals surface area contributed by atoms with Crippen LogP contribution in [0.5, 0.6) is 0 Å². The van der Waals surface area contributed by atoms with Crippen molar-refractivity contribution < 1.29 is 4.79 Å². The number of carbonyl (C=O) groups excluding carboxylic acids is 1. The third-order valence-corrected chi connectivity index (χ3v) is 4.70. The zero-order valence-electron chi connectivity index (χ0n) is 11.6. The Balaban J connectivity index is 1.58. The van der Waals surface area contributed by atoms with Gasteiger partial charge < -0.3 is 0 Å². The third kappa shape index (κ3) is 3.93. The molecule has 0 spiro atoms. The number of benzene rings is 1. The van der Waals surface area contributed by atoms with Crippen molar-refractivity contribution in [2.24, 2.45) is 0 Å². The van der Waals surface area contributed by atoms with E-state index in [1.54, 1.807) is 36.3 Å². The topological polar surface area (TPSA) is 54.9 Å². The number of amides is 1. The number of nitrogens with zero attached hydrogens (tertiary/aromatic N) is 2. The molecule has 0 aliphatic rings. The minimum atomic E-state index is -0.168. The maximum Gasteiger partial charge on any atom is 0.257 e. The summed E-state index contributed by atoms with van der Waals surface area (Å²) in [7, 11) is 0. The highest BCUT2D eigenvalue weighted by molar-refractivity contribution is 7.98. The van der Waals surface area contributed by atoms with Crippen molar-refractivity contribution in [2.45, 2.75) is 10.6 Å². The number of anilines is 1. The van der Waals surface area contributed by atoms with Gasteiger partial charge in [0.15, 0.2) is 5.13 Å². The first-order valence-corrected chi connectivity index (χ1v) is 8.51. The largest absolute Gasteiger partial charge is 0.298 e. The molecule has 110 valence electrons. The van der Waals surface area contributed by atoms with Gasteiger partial charge in [0.25, 0.3) is 5.91 Å². The molecule has 3 rings (SSSR count). The molecule has 22 heavy (non-hydrogen) atoms. The zero-order chi connectivity index (χ0) is 15.2. The van der Waals surface area contributed by atoms with E-state index >= 15 is 0 Å². The minimum absolute atomic E-state index is 0.168. The molecule has 0 unspecified atom stereocenters. The van der Waals surface area contributed by atoms with Crippen molar-refractivity contribution in [1.82, 2.24) is 9.97 Å². The molecule has 1 N–H and O–H groups in total. The number of thiazole rings is 1. The van der Waals surface area contributed by atoms with Gasteiger partial charge in [0.2, 0.25) is 0 Å². The molecule has 0 radical (unpaired) electrons. The van der Waals surface area contributed by atoms with Crippen LogP contribution in [-0.2, 0) is 5.75 Å². The highest BCUT2D eigenvalue weighted by atomic mass is 32.2. The van der Waals surface area contributed by atoms with Crippen LogP contribution in [0.2, 0.25) is 0 Å². The van der Waals surface area contributed by atoms with Crippen LogP contribution in [0.3, 0.4) is 0 Å². The third-order valence-electron chi connectivity index (χ3n) is 2.84. The van der Waals surface area contributed by atoms with Crippen molar-refractivity contribution in [2.75, 3.05) is 5.32 Å². The summed E-state index contributed by atoms with van der Waals surface area (Å²) in [5.41, 5.74) is 1.54. The SMILES string of the molecule is O=C(Nc1nc(CSc2ccccc2)cs1)c1ccncc1. The van der Waals surface area contributed by atoms with Crippen molar-refractivity contribution in [3.8, 4) is 0 Å². The summed E-state index contributed by atoms with van der Waals surface area (Å²) in [5, 5.41) is 5.39. The van der Waals surface area contributed by atoms with Gasteiger partial charge in [-0.2, -0.15) is 0 Å². The lowest BCUT2D eigenvalue weighted by Gasteiger charge is -2.01. The molecule has 6 heteroatoms. The summed E-state index contributed by atoms with van der Waals surface area (Å²) in [6, 6.07) is 13.5. The van der Waals surface area contributed by atoms with Crippen LogP contribution in [0.25, 0.3) is 0 Å². The molecular formula is C16H13N3OS2. The molecule has 4 nitrogen and oxygen atoms in total. The lowest BCUT2D eigenvalue weighted by atomic mass is 10.2. The van der Waals surface area contributed by atoms with Crippen molar-refractivity contribution in [3.05, 3.63) is 71.5 Å². The van der Waals surface area contributed by atoms with Gasteiger partial charge in [0.1, 0.15) is 0 Å². The molecule has 2 aromatic heterocycles. The molecule has 2 heterocycles. The standard InChI is InChI=1S/C16H13N3OS2/c20-15(12-6-8-17-9-7-12)19-16-18-13(11-22-16)10-21-14-4-2-1-3-5-14/h1-9,11H,10H2,(H,18,19,20). The van der Waals surface area contributed by atoms with Crippen LogP contribution in [0.15, 0.2) is 65.1 Å². The number of carbonyl (C=O) groups is 1. The Kier molecular flexibility index (Phi) is 4.82. The molecule has 0 saturated carbocycles. The van der Waals surface area contributed by atoms with E-state index in [1.165, 1.54) is 16.2 Å². The van der Waals surface area contributed by atoms with E-state index in [4.69, 9.17) is 0 Å². The number of pyridine rings is 1. The van der Waals surface area contributed by atoms with Crippen molar-refractivity contribution in [3.63, 3.8) is 0 Å². The van der Waals surface area contributed by atoms with Crippen molar-refractivity contribution >= 4 is 34.1 Å². The summed E-state index contributed by atoms with van der Waals surface area (Å²) in [6.45, 7) is 0. The first kappa shape index (κ1) is 14.7. The van der Waals surface area contributed by atoms with Crippen LogP contribution < -0.4 is 5.32 Å². The average Bonchev–Trinajstić information content (AvgIpc) is 3.02. The summed E-state index contributed by atoms with van der Waals surface area (Å²) in [6.07, 6.45) is 3.19. The van der Waals surface area contributed by atoms with Crippen molar-refractivity contribution in [1.29, 1.82) is 0 Å². The van der Waals surface area contributed by atoms with Gasteiger partial charge in [-0.05, 0) is 24.3 Å². The molecule has 0 aliphatic carbocycles. The van der Waals surface area contributed by atoms with E-state index in [9.17, 15) is 4.79 Å². The van der Waals surface area contributed by atoms with E-state index in [1.807, 2.05) is 23.6 Å². The molecule has 1 amide bonds. The second-order valence-electron chi connectivity index (χ2n) is 4.44. The lowest BCUT2D eigenvalue weighted by Crippen LogP contribution is -2.11. The number of rotatable bonds is 5. The van der Waals surface area contributed by atoms with Gasteiger partial charge >= 0.3 is 0 Å². The van der Waals surface area contributed by atoms with Gasteiger partial charge in [0.05, 0.1) is 5.69 Å². The summed E-state index contributed by atoms with van der Waals surface area (Å²) >= 11 is 3.16. The Morgan fingerprint density at radius 2 is 1.91 bits per heavy atom. The molecule has 3 aromatic rings. The molecule has 0 fully saturated rings. The van der Waals surface area contributed by atoms with Crippen LogP contribution in [0, 0.1) is 0 Å². The predicted molar refractivity (Wildman–Crippen MR) is 90.3 cm³/mol. The first-order valence-electron chi connectivity index (χ1n) is 6.65. The molecule has 0 saturated heterocycles. The highest BCUT2D eigenvalue weighted by Gasteiger charge is 2.09. The Hall–Kier alpha value is -2.18. The smallest absolute Gasteiger partial charge is 0.257 e. The fourth-order valence-corrected chi connectivity index (χ4v) is 3.40. The normalized spacial score (nSPS) is 10.4. The Bertz CT molecular complexity index is 744. The van der Waals surface area contributed by atoms with E-state index in [0.29, 0.717) is 10.7 Å². The summed E-state index contributed by atoms with van der Waals surface area (Å²) in [5.74, 6) is 0.616. The fraction of sp³-hybridized carbons (Fsp3) is 0.0625. The fourth-order valence-electron chi connectivity index (χ4n) is 1.78. The summed E-state index contributed by atoms with van der Waals surface area (Å²) < 4.78 is 0. The maximum absolute atomic E-state index is 12.0. The van der Waals surface area contributed by atoms with Gasteiger partial charge in [-0.25, -0.2) is 4.98 Å². The molecular weight excluding hydrogens is 314 g/mol. The quantitative estimate of drug-likeness (QED) is 0.717. The van der Waals surface area contributed by atoms with Crippen LogP contribution >= 0.6 is 23.1 Å². The number of thioether (sulfide) groups is 1. The molecule has 0 aliphatic heterocycles. The monoisotopic (exact) mass is 327 g/mol. The van der Waals surface area contributed by atoms with E-state index in [0.717, 1.165) is 11.4 Å². The lowest BCUT2D eigenvalue weighted by molar-refractivity contribution is 0.102. The van der Waals surface area contributed by atoms with Gasteiger partial charge in [-0.1, -0.05) is 18.2 Å². The number of hydrogen-bond acceptors (Lipinski definition) is 5. The maximum atomic E-state index is 12.0. The predicted octanol–water partition coefficient (Wildman–Crippen LogP) is 4.08. The molecule has 1 aromatic carbocycles. The van der Waals surface area contributed by atoms with Crippen LogP contribution in [0.1, 0.15) is 16.1 Å². The second kappa shape index (κ2) is 7.20. The van der Waals surface area contributed by atoms with Crippen LogP contribution in [0.4, 0.5) is 5.13 Å². The van der Waals surface area contributed by atoms with Gasteiger partial charge in [-0.15, -0.1) is 23.1 Å². The second-order valence-corrected chi connectivity index (χ2v) is 6.34. The molecule has 0 bridgehead atoms. The average molecular weight is 327 g/mol. The van der Waals surface area contributed by atoms with Gasteiger partial charge in [0, 0.05) is 34.0 Å². The minimum Gasteiger partial charge on any atom is -0.298 e. The van der Waals surface area contributed by atoms with E-state index < -0.39 is 0 Å². The van der Waals surface area contributed by atoms with Crippen LogP contribution in [-0.4, -0.2) is 15.9 Å². The Morgan fingerprint density at radius 1 is 1.14 bits per heavy atom. The number of aromatic nitrogens is 2. The zero-order valence-corrected chi connectivity index (χ0v) is 13.2. The highest BCUT2D eigenvalue weighted by Crippen LogP contribution is 2.25. The van der Waals surface area contributed by atoms with E-state index in [-0.39, 0.29) is 5.91 Å². The Labute approximate surface area is 136 Å². The Morgan fingerprint density at radius 3 is 2.68 bits per heavy atom. The summed E-state index contributed by atoms with van der Waals surface area (Å²) in [4.78, 5) is 21.6. The number of hydrogen-bond donors (Lipinski definition) is 1. The van der Waals surface area contributed by atoms with E-state index in [2.05, 4.69) is 27.4 Å². The van der Waals surface area contributed by atoms with Gasteiger partial charge in [-0.3, -0.25) is 15.1 Å². The molecule has 0 atom stereocenters. The first-order chi connectivity index (χ1) is 10.8.